The molecule has 2 heterocycles. The number of nitrogens with zero attached hydrogens (tertiary/aromatic N) is 1. The third-order valence-electron chi connectivity index (χ3n) is 11.8. The number of allylic oxidation sites excluding steroid dienone is 1. The first-order valence-corrected chi connectivity index (χ1v) is 20.5. The zero-order valence-electron chi connectivity index (χ0n) is 32.5. The van der Waals surface area contributed by atoms with Crippen LogP contribution < -0.4 is 5.32 Å². The molecule has 1 aliphatic rings. The molecule has 9 aromatic carbocycles. The summed E-state index contributed by atoms with van der Waals surface area (Å²) < 4.78 is 6.72. The Labute approximate surface area is 343 Å². The Bertz CT molecular complexity index is 3230. The fourth-order valence-corrected chi connectivity index (χ4v) is 8.77. The number of benzene rings is 9. The first-order chi connectivity index (χ1) is 29.2. The summed E-state index contributed by atoms with van der Waals surface area (Å²) in [5.41, 5.74) is 13.4. The van der Waals surface area contributed by atoms with Gasteiger partial charge in [-0.3, -0.25) is 0 Å². The maximum absolute atomic E-state index is 6.72. The summed E-state index contributed by atoms with van der Waals surface area (Å²) >= 11 is 0. The zero-order valence-corrected chi connectivity index (χ0v) is 32.5. The molecule has 1 aromatic heterocycles. The molecule has 11 rings (SSSR count). The van der Waals surface area contributed by atoms with Gasteiger partial charge in [0.25, 0.3) is 0 Å². The van der Waals surface area contributed by atoms with Crippen molar-refractivity contribution in [2.24, 2.45) is 4.99 Å². The number of aliphatic imine (C=N–C) groups is 1. The number of amidine groups is 1. The van der Waals surface area contributed by atoms with E-state index >= 15 is 0 Å². The van der Waals surface area contributed by atoms with Crippen LogP contribution in [0.3, 0.4) is 0 Å². The van der Waals surface area contributed by atoms with Gasteiger partial charge in [-0.15, -0.1) is 0 Å². The monoisotopic (exact) mass is 756 g/mol. The van der Waals surface area contributed by atoms with Crippen LogP contribution in [-0.2, 0) is 0 Å². The quantitative estimate of drug-likeness (QED) is 0.183. The molecule has 3 heteroatoms. The Balaban J connectivity index is 0.919. The van der Waals surface area contributed by atoms with Crippen LogP contribution in [0.15, 0.2) is 216 Å². The molecule has 0 bridgehead atoms. The van der Waals surface area contributed by atoms with Crippen molar-refractivity contribution >= 4 is 55.0 Å². The molecule has 1 atom stereocenters. The van der Waals surface area contributed by atoms with Gasteiger partial charge in [0.2, 0.25) is 0 Å². The minimum Gasteiger partial charge on any atom is -0.455 e. The van der Waals surface area contributed by atoms with Crippen molar-refractivity contribution in [2.75, 3.05) is 0 Å². The SMILES string of the molecule is C1=C(c2ccccc2)N=C(c2ccccc2)NC(c2ccc(-c3cccc(-c4cc5c6ccc(-c7ccc8ccccc8c7)cc6oc5c5ccccc45)c3)cc2)CC1. The molecule has 0 saturated carbocycles. The minimum absolute atomic E-state index is 0.120. The van der Waals surface area contributed by atoms with Crippen LogP contribution in [0.1, 0.15) is 35.6 Å². The molecule has 0 spiro atoms. The zero-order chi connectivity index (χ0) is 39.1. The van der Waals surface area contributed by atoms with Crippen LogP contribution in [0.4, 0.5) is 0 Å². The van der Waals surface area contributed by atoms with Gasteiger partial charge in [-0.1, -0.05) is 176 Å². The number of rotatable bonds is 6. The topological polar surface area (TPSA) is 37.5 Å². The van der Waals surface area contributed by atoms with E-state index in [4.69, 9.17) is 9.41 Å². The van der Waals surface area contributed by atoms with Gasteiger partial charge in [0.15, 0.2) is 0 Å². The lowest BCUT2D eigenvalue weighted by molar-refractivity contribution is 0.595. The van der Waals surface area contributed by atoms with E-state index < -0.39 is 0 Å². The molecule has 3 nitrogen and oxygen atoms in total. The van der Waals surface area contributed by atoms with Gasteiger partial charge in [0, 0.05) is 21.7 Å². The van der Waals surface area contributed by atoms with E-state index in [-0.39, 0.29) is 6.04 Å². The standard InChI is InChI=1S/C56H40N2O/c1-3-14-39(15-4-1)52-23-12-24-53(58-56(57-52)41-16-5-2-6-17-41)40-28-25-38(26-29-40)43-19-11-20-46(34-43)50-36-51-48-32-31-45(44-30-27-37-13-7-8-18-42(37)33-44)35-54(48)59-55(51)49-22-10-9-21-47(49)50/h1-11,13-23,25-36,53H,12,24H2,(H,57,58). The molecule has 0 radical (unpaired) electrons. The van der Waals surface area contributed by atoms with Crippen LogP contribution in [0.25, 0.3) is 82.6 Å². The smallest absolute Gasteiger partial charge is 0.143 e. The summed E-state index contributed by atoms with van der Waals surface area (Å²) in [7, 11) is 0. The fraction of sp³-hybridized carbons (Fsp3) is 0.0536. The minimum atomic E-state index is 0.120. The molecule has 0 saturated heterocycles. The second kappa shape index (κ2) is 14.8. The van der Waals surface area contributed by atoms with E-state index in [0.29, 0.717) is 0 Å². The highest BCUT2D eigenvalue weighted by Gasteiger charge is 2.19. The van der Waals surface area contributed by atoms with Gasteiger partial charge in [-0.2, -0.15) is 0 Å². The lowest BCUT2D eigenvalue weighted by atomic mass is 9.92. The molecule has 1 aliphatic heterocycles. The largest absolute Gasteiger partial charge is 0.455 e. The molecule has 280 valence electrons. The van der Waals surface area contributed by atoms with E-state index in [2.05, 4.69) is 212 Å². The molecule has 0 fully saturated rings. The Hall–Kier alpha value is -7.49. The Kier molecular flexibility index (Phi) is 8.70. The Morgan fingerprint density at radius 3 is 1.92 bits per heavy atom. The van der Waals surface area contributed by atoms with Gasteiger partial charge in [-0.05, 0) is 104 Å². The van der Waals surface area contributed by atoms with Crippen molar-refractivity contribution in [2.45, 2.75) is 18.9 Å². The third kappa shape index (κ3) is 6.57. The average Bonchev–Trinajstić information content (AvgIpc) is 3.67. The van der Waals surface area contributed by atoms with Crippen molar-refractivity contribution < 1.29 is 4.42 Å². The third-order valence-corrected chi connectivity index (χ3v) is 11.8. The average molecular weight is 757 g/mol. The maximum atomic E-state index is 6.72. The van der Waals surface area contributed by atoms with Gasteiger partial charge in [0.05, 0.1) is 11.7 Å². The molecule has 0 amide bonds. The molecule has 59 heavy (non-hydrogen) atoms. The summed E-state index contributed by atoms with van der Waals surface area (Å²) in [5.74, 6) is 0.891. The van der Waals surface area contributed by atoms with Crippen LogP contribution in [0.5, 0.6) is 0 Å². The van der Waals surface area contributed by atoms with Crippen LogP contribution in [0.2, 0.25) is 0 Å². The van der Waals surface area contributed by atoms with Gasteiger partial charge >= 0.3 is 0 Å². The predicted octanol–water partition coefficient (Wildman–Crippen LogP) is 14.8. The lowest BCUT2D eigenvalue weighted by Gasteiger charge is -2.24. The summed E-state index contributed by atoms with van der Waals surface area (Å²) in [6.07, 6.45) is 4.16. The van der Waals surface area contributed by atoms with E-state index in [9.17, 15) is 0 Å². The van der Waals surface area contributed by atoms with E-state index in [1.807, 2.05) is 0 Å². The summed E-state index contributed by atoms with van der Waals surface area (Å²) in [5, 5.41) is 10.9. The molecule has 1 N–H and O–H groups in total. The first kappa shape index (κ1) is 34.7. The van der Waals surface area contributed by atoms with Crippen molar-refractivity contribution in [1.82, 2.24) is 5.32 Å². The Morgan fingerprint density at radius 1 is 0.441 bits per heavy atom. The van der Waals surface area contributed by atoms with Crippen LogP contribution >= 0.6 is 0 Å². The predicted molar refractivity (Wildman–Crippen MR) is 248 cm³/mol. The molecular formula is C56H40N2O. The van der Waals surface area contributed by atoms with Crippen LogP contribution in [-0.4, -0.2) is 5.84 Å². The highest BCUT2D eigenvalue weighted by molar-refractivity contribution is 6.19. The molecule has 0 aliphatic carbocycles. The van der Waals surface area contributed by atoms with Crippen molar-refractivity contribution in [3.05, 3.63) is 223 Å². The number of furan rings is 1. The summed E-state index contributed by atoms with van der Waals surface area (Å²) in [6.45, 7) is 0. The maximum Gasteiger partial charge on any atom is 0.143 e. The lowest BCUT2D eigenvalue weighted by Crippen LogP contribution is -2.30. The van der Waals surface area contributed by atoms with E-state index in [1.54, 1.807) is 0 Å². The van der Waals surface area contributed by atoms with Gasteiger partial charge in [-0.25, -0.2) is 4.99 Å². The van der Waals surface area contributed by atoms with E-state index in [1.165, 1.54) is 49.5 Å². The van der Waals surface area contributed by atoms with Crippen molar-refractivity contribution in [3.8, 4) is 33.4 Å². The highest BCUT2D eigenvalue weighted by atomic mass is 16.3. The fourth-order valence-electron chi connectivity index (χ4n) is 8.77. The summed E-state index contributed by atoms with van der Waals surface area (Å²) in [6, 6.07) is 71.8. The van der Waals surface area contributed by atoms with Gasteiger partial charge < -0.3 is 9.73 Å². The molecular weight excluding hydrogens is 717 g/mol. The Morgan fingerprint density at radius 2 is 1.08 bits per heavy atom. The normalized spacial score (nSPS) is 14.5. The number of hydrogen-bond donors (Lipinski definition) is 1. The van der Waals surface area contributed by atoms with Gasteiger partial charge in [0.1, 0.15) is 17.0 Å². The molecule has 10 aromatic rings. The number of hydrogen-bond acceptors (Lipinski definition) is 3. The second-order valence-corrected chi connectivity index (χ2v) is 15.5. The molecule has 1 unspecified atom stereocenters. The number of fused-ring (bicyclic) bond motifs is 6. The van der Waals surface area contributed by atoms with Crippen molar-refractivity contribution in [1.29, 1.82) is 0 Å². The first-order valence-electron chi connectivity index (χ1n) is 20.5. The van der Waals surface area contributed by atoms with Crippen molar-refractivity contribution in [3.63, 3.8) is 0 Å². The van der Waals surface area contributed by atoms with E-state index in [0.717, 1.165) is 68.4 Å². The highest BCUT2D eigenvalue weighted by Crippen LogP contribution is 2.42. The second-order valence-electron chi connectivity index (χ2n) is 15.5. The number of nitrogens with one attached hydrogen (secondary N) is 1. The summed E-state index contributed by atoms with van der Waals surface area (Å²) in [4.78, 5) is 5.20. The van der Waals surface area contributed by atoms with Crippen LogP contribution in [0, 0.1) is 0 Å².